The number of non-ortho nitro benzene ring substituents is 1. The number of rotatable bonds is 7. The summed E-state index contributed by atoms with van der Waals surface area (Å²) in [5, 5.41) is 27.0. The van der Waals surface area contributed by atoms with Crippen LogP contribution in [0.5, 0.6) is 0 Å². The first-order valence-electron chi connectivity index (χ1n) is 9.52. The average Bonchev–Trinajstić information content (AvgIpc) is 3.20. The van der Waals surface area contributed by atoms with E-state index in [1.165, 1.54) is 34.0 Å². The standard InChI is InChI=1S/C21H18N6O3S/c1-2-14-6-8-16(9-7-14)22-20(28)13-31-21-24-23-19-11-10-18(25-26(19)21)15-4-3-5-17(12-15)27(29)30/h3-12H,2,13H2,1H3,(H,22,28). The summed E-state index contributed by atoms with van der Waals surface area (Å²) < 4.78 is 1.53. The third-order valence-corrected chi connectivity index (χ3v) is 5.48. The Hall–Kier alpha value is -3.79. The van der Waals surface area contributed by atoms with Gasteiger partial charge in [0.05, 0.1) is 16.4 Å². The summed E-state index contributed by atoms with van der Waals surface area (Å²) in [7, 11) is 0. The molecular formula is C21H18N6O3S. The molecule has 0 bridgehead atoms. The second-order valence-electron chi connectivity index (χ2n) is 6.67. The number of nitrogens with zero attached hydrogens (tertiary/aromatic N) is 5. The van der Waals surface area contributed by atoms with Crippen LogP contribution in [-0.4, -0.2) is 36.4 Å². The Morgan fingerprint density at radius 2 is 1.94 bits per heavy atom. The van der Waals surface area contributed by atoms with Gasteiger partial charge in [0, 0.05) is 23.4 Å². The van der Waals surface area contributed by atoms with E-state index < -0.39 is 4.92 Å². The molecule has 156 valence electrons. The molecule has 4 aromatic rings. The van der Waals surface area contributed by atoms with Gasteiger partial charge in [-0.2, -0.15) is 9.61 Å². The number of aromatic nitrogens is 4. The highest BCUT2D eigenvalue weighted by Crippen LogP contribution is 2.24. The zero-order valence-corrected chi connectivity index (χ0v) is 17.4. The molecule has 1 amide bonds. The van der Waals surface area contributed by atoms with Gasteiger partial charge < -0.3 is 5.32 Å². The van der Waals surface area contributed by atoms with Crippen molar-refractivity contribution in [3.05, 3.63) is 76.3 Å². The summed E-state index contributed by atoms with van der Waals surface area (Å²) in [5.41, 5.74) is 3.59. The molecule has 1 N–H and O–H groups in total. The van der Waals surface area contributed by atoms with Crippen LogP contribution < -0.4 is 5.32 Å². The Morgan fingerprint density at radius 3 is 2.68 bits per heavy atom. The number of hydrogen-bond acceptors (Lipinski definition) is 7. The van der Waals surface area contributed by atoms with Gasteiger partial charge in [0.1, 0.15) is 0 Å². The maximum Gasteiger partial charge on any atom is 0.270 e. The Morgan fingerprint density at radius 1 is 1.13 bits per heavy atom. The Kier molecular flexibility index (Phi) is 5.89. The second kappa shape index (κ2) is 8.92. The van der Waals surface area contributed by atoms with Crippen molar-refractivity contribution in [1.82, 2.24) is 19.8 Å². The summed E-state index contributed by atoms with van der Waals surface area (Å²) in [5.74, 6) is -0.0280. The Labute approximate surface area is 181 Å². The van der Waals surface area contributed by atoms with E-state index in [4.69, 9.17) is 0 Å². The molecule has 10 heteroatoms. The summed E-state index contributed by atoms with van der Waals surface area (Å²) in [6.45, 7) is 2.07. The van der Waals surface area contributed by atoms with Gasteiger partial charge in [-0.3, -0.25) is 14.9 Å². The fraction of sp³-hybridized carbons (Fsp3) is 0.143. The third-order valence-electron chi connectivity index (χ3n) is 4.57. The van der Waals surface area contributed by atoms with Crippen molar-refractivity contribution >= 4 is 34.7 Å². The molecule has 2 aromatic carbocycles. The molecule has 0 atom stereocenters. The van der Waals surface area contributed by atoms with E-state index >= 15 is 0 Å². The van der Waals surface area contributed by atoms with Crippen molar-refractivity contribution in [2.45, 2.75) is 18.5 Å². The number of nitrogens with one attached hydrogen (secondary N) is 1. The van der Waals surface area contributed by atoms with E-state index in [-0.39, 0.29) is 17.3 Å². The molecule has 0 aliphatic rings. The predicted octanol–water partition coefficient (Wildman–Crippen LogP) is 3.99. The third kappa shape index (κ3) is 4.69. The summed E-state index contributed by atoms with van der Waals surface area (Å²) in [4.78, 5) is 22.9. The van der Waals surface area contributed by atoms with Crippen LogP contribution in [0.25, 0.3) is 16.9 Å². The number of nitro benzene ring substituents is 1. The summed E-state index contributed by atoms with van der Waals surface area (Å²) >= 11 is 1.21. The highest BCUT2D eigenvalue weighted by Gasteiger charge is 2.13. The minimum absolute atomic E-state index is 0.0126. The van der Waals surface area contributed by atoms with Crippen LogP contribution in [-0.2, 0) is 11.2 Å². The van der Waals surface area contributed by atoms with Crippen LogP contribution in [0.2, 0.25) is 0 Å². The number of carbonyl (C=O) groups excluding carboxylic acids is 1. The van der Waals surface area contributed by atoms with Gasteiger partial charge in [-0.1, -0.05) is 43.0 Å². The first kappa shape index (κ1) is 20.5. The monoisotopic (exact) mass is 434 g/mol. The average molecular weight is 434 g/mol. The first-order chi connectivity index (χ1) is 15.0. The summed E-state index contributed by atoms with van der Waals surface area (Å²) in [6, 6.07) is 17.4. The first-order valence-corrected chi connectivity index (χ1v) is 10.5. The number of carbonyl (C=O) groups is 1. The molecule has 31 heavy (non-hydrogen) atoms. The lowest BCUT2D eigenvalue weighted by atomic mass is 10.1. The molecule has 0 aliphatic heterocycles. The number of fused-ring (bicyclic) bond motifs is 1. The van der Waals surface area contributed by atoms with Crippen molar-refractivity contribution in [3.63, 3.8) is 0 Å². The number of thioether (sulfide) groups is 1. The predicted molar refractivity (Wildman–Crippen MR) is 118 cm³/mol. The van der Waals surface area contributed by atoms with Crippen LogP contribution >= 0.6 is 11.8 Å². The molecule has 0 fully saturated rings. The number of amides is 1. The summed E-state index contributed by atoms with van der Waals surface area (Å²) in [6.07, 6.45) is 0.940. The maximum absolute atomic E-state index is 12.3. The number of benzene rings is 2. The quantitative estimate of drug-likeness (QED) is 0.266. The lowest BCUT2D eigenvalue weighted by Crippen LogP contribution is -2.14. The van der Waals surface area contributed by atoms with E-state index in [2.05, 4.69) is 27.5 Å². The molecule has 9 nitrogen and oxygen atoms in total. The smallest absolute Gasteiger partial charge is 0.270 e. The number of hydrogen-bond donors (Lipinski definition) is 1. The van der Waals surface area contributed by atoms with Crippen LogP contribution in [0.1, 0.15) is 12.5 Å². The van der Waals surface area contributed by atoms with Crippen LogP contribution in [0, 0.1) is 10.1 Å². The zero-order valence-electron chi connectivity index (χ0n) is 16.6. The second-order valence-corrected chi connectivity index (χ2v) is 7.61. The fourth-order valence-electron chi connectivity index (χ4n) is 2.94. The van der Waals surface area contributed by atoms with Gasteiger partial charge in [-0.15, -0.1) is 10.2 Å². The van der Waals surface area contributed by atoms with Crippen molar-refractivity contribution in [2.24, 2.45) is 0 Å². The van der Waals surface area contributed by atoms with Gasteiger partial charge in [0.25, 0.3) is 5.69 Å². The minimum atomic E-state index is -0.448. The number of nitro groups is 1. The molecule has 0 saturated carbocycles. The highest BCUT2D eigenvalue weighted by atomic mass is 32.2. The zero-order chi connectivity index (χ0) is 21.8. The Balaban J connectivity index is 1.49. The minimum Gasteiger partial charge on any atom is -0.325 e. The maximum atomic E-state index is 12.3. The normalized spacial score (nSPS) is 10.9. The van der Waals surface area contributed by atoms with E-state index in [1.807, 2.05) is 24.3 Å². The SMILES string of the molecule is CCc1ccc(NC(=O)CSc2nnc3ccc(-c4cccc([N+](=O)[O-])c4)nn23)cc1. The molecular weight excluding hydrogens is 416 g/mol. The molecule has 4 rings (SSSR count). The van der Waals surface area contributed by atoms with Crippen LogP contribution in [0.15, 0.2) is 65.8 Å². The molecule has 2 aromatic heterocycles. The van der Waals surface area contributed by atoms with E-state index in [0.29, 0.717) is 22.1 Å². The van der Waals surface area contributed by atoms with Crippen LogP contribution in [0.3, 0.4) is 0 Å². The van der Waals surface area contributed by atoms with E-state index in [9.17, 15) is 14.9 Å². The van der Waals surface area contributed by atoms with Gasteiger partial charge in [-0.05, 0) is 36.2 Å². The number of aryl methyl sites for hydroxylation is 1. The topological polar surface area (TPSA) is 115 Å². The van der Waals surface area contributed by atoms with Gasteiger partial charge in [-0.25, -0.2) is 0 Å². The van der Waals surface area contributed by atoms with Crippen molar-refractivity contribution < 1.29 is 9.72 Å². The largest absolute Gasteiger partial charge is 0.325 e. The molecule has 0 aliphatic carbocycles. The van der Waals surface area contributed by atoms with Gasteiger partial charge in [0.2, 0.25) is 11.1 Å². The molecule has 0 unspecified atom stereocenters. The lowest BCUT2D eigenvalue weighted by molar-refractivity contribution is -0.384. The molecule has 2 heterocycles. The number of anilines is 1. The van der Waals surface area contributed by atoms with Crippen molar-refractivity contribution in [2.75, 3.05) is 11.1 Å². The Bertz CT molecular complexity index is 1260. The van der Waals surface area contributed by atoms with Gasteiger partial charge >= 0.3 is 0 Å². The van der Waals surface area contributed by atoms with E-state index in [0.717, 1.165) is 12.1 Å². The van der Waals surface area contributed by atoms with Crippen molar-refractivity contribution in [1.29, 1.82) is 0 Å². The van der Waals surface area contributed by atoms with Crippen LogP contribution in [0.4, 0.5) is 11.4 Å². The molecule has 0 saturated heterocycles. The van der Waals surface area contributed by atoms with Gasteiger partial charge in [0.15, 0.2) is 5.65 Å². The molecule has 0 spiro atoms. The lowest BCUT2D eigenvalue weighted by Gasteiger charge is -2.06. The highest BCUT2D eigenvalue weighted by molar-refractivity contribution is 7.99. The van der Waals surface area contributed by atoms with Crippen molar-refractivity contribution in [3.8, 4) is 11.3 Å². The van der Waals surface area contributed by atoms with E-state index in [1.54, 1.807) is 24.3 Å². The molecule has 0 radical (unpaired) electrons. The fourth-order valence-corrected chi connectivity index (χ4v) is 3.63.